The van der Waals surface area contributed by atoms with Gasteiger partial charge in [-0.3, -0.25) is 0 Å². The van der Waals surface area contributed by atoms with Crippen LogP contribution in [0.3, 0.4) is 0 Å². The molecule has 1 rings (SSSR count). The second kappa shape index (κ2) is 6.82. The lowest BCUT2D eigenvalue weighted by atomic mass is 10.1. The summed E-state index contributed by atoms with van der Waals surface area (Å²) in [6, 6.07) is 5.40. The highest BCUT2D eigenvalue weighted by Gasteiger charge is 2.12. The molecule has 1 aromatic rings. The van der Waals surface area contributed by atoms with E-state index in [-0.39, 0.29) is 17.6 Å². The van der Waals surface area contributed by atoms with E-state index in [9.17, 15) is 4.39 Å². The molecule has 1 N–H and O–H groups in total. The summed E-state index contributed by atoms with van der Waals surface area (Å²) in [6.45, 7) is 4.59. The van der Waals surface area contributed by atoms with E-state index in [1.54, 1.807) is 18.2 Å². The number of halogens is 2. The molecule has 2 nitrogen and oxygen atoms in total. The molecule has 0 amide bonds. The van der Waals surface area contributed by atoms with Crippen LogP contribution in [-0.2, 0) is 6.54 Å². The van der Waals surface area contributed by atoms with E-state index < -0.39 is 0 Å². The van der Waals surface area contributed by atoms with Gasteiger partial charge in [0.2, 0.25) is 0 Å². The van der Waals surface area contributed by atoms with Crippen molar-refractivity contribution in [3.63, 3.8) is 0 Å². The molecular formula is C13H19ClFNO. The van der Waals surface area contributed by atoms with Crippen LogP contribution >= 0.6 is 11.6 Å². The molecule has 0 aliphatic carbocycles. The minimum Gasteiger partial charge on any atom is -0.494 e. The Balaban J connectivity index is 2.63. The number of nitrogens with one attached hydrogen (secondary N) is 1. The first kappa shape index (κ1) is 14.3. The summed E-state index contributed by atoms with van der Waals surface area (Å²) in [7, 11) is 1.47. The lowest BCUT2D eigenvalue weighted by Gasteiger charge is -2.19. The number of hydrogen-bond donors (Lipinski definition) is 1. The normalized spacial score (nSPS) is 14.4. The van der Waals surface area contributed by atoms with Gasteiger partial charge in [-0.1, -0.05) is 19.1 Å². The fourth-order valence-electron chi connectivity index (χ4n) is 1.46. The number of methoxy groups -OCH3 is 1. The standard InChI is InChI=1S/C13H19ClFNO/c1-9(7-14)10(2)16-8-11-5-4-6-12(17-3)13(11)15/h4-6,9-10,16H,7-8H2,1-3H3. The van der Waals surface area contributed by atoms with Gasteiger partial charge in [0.1, 0.15) is 0 Å². The van der Waals surface area contributed by atoms with Crippen LogP contribution in [0, 0.1) is 11.7 Å². The predicted molar refractivity (Wildman–Crippen MR) is 69.1 cm³/mol. The maximum atomic E-state index is 13.8. The van der Waals surface area contributed by atoms with Gasteiger partial charge < -0.3 is 10.1 Å². The second-order valence-corrected chi connectivity index (χ2v) is 4.54. The maximum absolute atomic E-state index is 13.8. The lowest BCUT2D eigenvalue weighted by Crippen LogP contribution is -2.32. The molecular weight excluding hydrogens is 241 g/mol. The fourth-order valence-corrected chi connectivity index (χ4v) is 1.72. The average Bonchev–Trinajstić information content (AvgIpc) is 2.36. The highest BCUT2D eigenvalue weighted by molar-refractivity contribution is 6.18. The molecule has 0 radical (unpaired) electrons. The third kappa shape index (κ3) is 3.86. The Labute approximate surface area is 107 Å². The van der Waals surface area contributed by atoms with Gasteiger partial charge in [-0.25, -0.2) is 4.39 Å². The van der Waals surface area contributed by atoms with Gasteiger partial charge in [0, 0.05) is 24.0 Å². The first-order chi connectivity index (χ1) is 8.10. The second-order valence-electron chi connectivity index (χ2n) is 4.23. The van der Waals surface area contributed by atoms with Crippen LogP contribution in [0.15, 0.2) is 18.2 Å². The van der Waals surface area contributed by atoms with Crippen LogP contribution in [0.25, 0.3) is 0 Å². The molecule has 0 aromatic heterocycles. The van der Waals surface area contributed by atoms with Gasteiger partial charge in [0.05, 0.1) is 7.11 Å². The van der Waals surface area contributed by atoms with E-state index in [4.69, 9.17) is 16.3 Å². The number of benzene rings is 1. The molecule has 96 valence electrons. The lowest BCUT2D eigenvalue weighted by molar-refractivity contribution is 0.379. The summed E-state index contributed by atoms with van der Waals surface area (Å²) < 4.78 is 18.8. The highest BCUT2D eigenvalue weighted by atomic mass is 35.5. The molecule has 0 spiro atoms. The Morgan fingerprint density at radius 1 is 1.41 bits per heavy atom. The zero-order valence-corrected chi connectivity index (χ0v) is 11.2. The summed E-state index contributed by atoms with van der Waals surface area (Å²) in [5.41, 5.74) is 0.609. The van der Waals surface area contributed by atoms with Gasteiger partial charge in [-0.05, 0) is 18.9 Å². The SMILES string of the molecule is COc1cccc(CNC(C)C(C)CCl)c1F. The molecule has 2 unspecified atom stereocenters. The largest absolute Gasteiger partial charge is 0.494 e. The summed E-state index contributed by atoms with van der Waals surface area (Å²) in [5.74, 6) is 0.926. The van der Waals surface area contributed by atoms with Crippen LogP contribution in [0.2, 0.25) is 0 Å². The molecule has 4 heteroatoms. The molecule has 17 heavy (non-hydrogen) atoms. The minimum absolute atomic E-state index is 0.248. The van der Waals surface area contributed by atoms with E-state index in [1.807, 2.05) is 6.92 Å². The van der Waals surface area contributed by atoms with Crippen molar-refractivity contribution in [3.8, 4) is 5.75 Å². The third-order valence-electron chi connectivity index (χ3n) is 2.97. The summed E-state index contributed by atoms with van der Waals surface area (Å²) in [6.07, 6.45) is 0. The molecule has 1 aromatic carbocycles. The van der Waals surface area contributed by atoms with Crippen molar-refractivity contribution in [3.05, 3.63) is 29.6 Å². The van der Waals surface area contributed by atoms with E-state index in [2.05, 4.69) is 12.2 Å². The van der Waals surface area contributed by atoms with Gasteiger partial charge in [-0.15, -0.1) is 11.6 Å². The first-order valence-corrected chi connectivity index (χ1v) is 6.24. The zero-order chi connectivity index (χ0) is 12.8. The predicted octanol–water partition coefficient (Wildman–Crippen LogP) is 3.19. The fraction of sp³-hybridized carbons (Fsp3) is 0.538. The number of hydrogen-bond acceptors (Lipinski definition) is 2. The number of alkyl halides is 1. The quantitative estimate of drug-likeness (QED) is 0.793. The van der Waals surface area contributed by atoms with Crippen molar-refractivity contribution in [2.24, 2.45) is 5.92 Å². The Morgan fingerprint density at radius 3 is 2.71 bits per heavy atom. The number of rotatable bonds is 6. The van der Waals surface area contributed by atoms with E-state index in [0.717, 1.165) is 0 Å². The van der Waals surface area contributed by atoms with Crippen LogP contribution in [0.5, 0.6) is 5.75 Å². The summed E-state index contributed by atoms with van der Waals surface area (Å²) in [5, 5.41) is 3.26. The van der Waals surface area contributed by atoms with Crippen LogP contribution in [-0.4, -0.2) is 19.0 Å². The van der Waals surface area contributed by atoms with Gasteiger partial charge >= 0.3 is 0 Å². The first-order valence-electron chi connectivity index (χ1n) is 5.70. The maximum Gasteiger partial charge on any atom is 0.169 e. The molecule has 0 aliphatic heterocycles. The van der Waals surface area contributed by atoms with Gasteiger partial charge in [0.25, 0.3) is 0 Å². The summed E-state index contributed by atoms with van der Waals surface area (Å²) >= 11 is 5.77. The van der Waals surface area contributed by atoms with E-state index >= 15 is 0 Å². The van der Waals surface area contributed by atoms with Crippen molar-refractivity contribution >= 4 is 11.6 Å². The van der Waals surface area contributed by atoms with Gasteiger partial charge in [0.15, 0.2) is 11.6 Å². The Bertz CT molecular complexity index is 359. The topological polar surface area (TPSA) is 21.3 Å². The Kier molecular flexibility index (Phi) is 5.72. The van der Waals surface area contributed by atoms with Crippen molar-refractivity contribution < 1.29 is 9.13 Å². The van der Waals surface area contributed by atoms with Crippen molar-refractivity contribution in [1.29, 1.82) is 0 Å². The zero-order valence-electron chi connectivity index (χ0n) is 10.5. The molecule has 0 saturated carbocycles. The van der Waals surface area contributed by atoms with E-state index in [1.165, 1.54) is 7.11 Å². The smallest absolute Gasteiger partial charge is 0.169 e. The minimum atomic E-state index is -0.298. The highest BCUT2D eigenvalue weighted by Crippen LogP contribution is 2.20. The van der Waals surface area contributed by atoms with Crippen molar-refractivity contribution in [2.75, 3.05) is 13.0 Å². The Hall–Kier alpha value is -0.800. The van der Waals surface area contributed by atoms with Crippen molar-refractivity contribution in [2.45, 2.75) is 26.4 Å². The average molecular weight is 260 g/mol. The Morgan fingerprint density at radius 2 is 2.12 bits per heavy atom. The monoisotopic (exact) mass is 259 g/mol. The molecule has 2 atom stereocenters. The van der Waals surface area contributed by atoms with Crippen LogP contribution < -0.4 is 10.1 Å². The van der Waals surface area contributed by atoms with Crippen LogP contribution in [0.1, 0.15) is 19.4 Å². The van der Waals surface area contributed by atoms with Crippen molar-refractivity contribution in [1.82, 2.24) is 5.32 Å². The van der Waals surface area contributed by atoms with Gasteiger partial charge in [-0.2, -0.15) is 0 Å². The molecule has 0 fully saturated rings. The molecule has 0 heterocycles. The third-order valence-corrected chi connectivity index (χ3v) is 3.46. The summed E-state index contributed by atoms with van der Waals surface area (Å²) in [4.78, 5) is 0. The molecule has 0 saturated heterocycles. The number of ether oxygens (including phenoxy) is 1. The van der Waals surface area contributed by atoms with E-state index in [0.29, 0.717) is 23.9 Å². The molecule has 0 aliphatic rings. The molecule has 0 bridgehead atoms. The van der Waals surface area contributed by atoms with Crippen LogP contribution in [0.4, 0.5) is 4.39 Å².